The van der Waals surface area contributed by atoms with Crippen LogP contribution in [0, 0.1) is 19.8 Å². The molecule has 2 nitrogen and oxygen atoms in total. The van der Waals surface area contributed by atoms with Crippen LogP contribution in [0.15, 0.2) is 12.1 Å². The van der Waals surface area contributed by atoms with Gasteiger partial charge < -0.3 is 10.1 Å². The van der Waals surface area contributed by atoms with E-state index in [-0.39, 0.29) is 0 Å². The Morgan fingerprint density at radius 2 is 1.89 bits per heavy atom. The first-order valence-corrected chi connectivity index (χ1v) is 7.38. The summed E-state index contributed by atoms with van der Waals surface area (Å²) in [6.45, 7) is 12.1. The second-order valence-electron chi connectivity index (χ2n) is 5.83. The Kier molecular flexibility index (Phi) is 6.36. The molecule has 108 valence electrons. The van der Waals surface area contributed by atoms with E-state index in [1.807, 2.05) is 0 Å². The third-order valence-electron chi connectivity index (χ3n) is 3.41. The average molecular weight is 263 g/mol. The minimum atomic E-state index is 0.385. The summed E-state index contributed by atoms with van der Waals surface area (Å²) < 4.78 is 5.61. The quantitative estimate of drug-likeness (QED) is 0.787. The van der Waals surface area contributed by atoms with Gasteiger partial charge in [0.1, 0.15) is 5.75 Å². The zero-order valence-electron chi connectivity index (χ0n) is 13.3. The van der Waals surface area contributed by atoms with Crippen molar-refractivity contribution in [3.05, 3.63) is 28.8 Å². The van der Waals surface area contributed by atoms with Gasteiger partial charge in [0.25, 0.3) is 0 Å². The number of hydrogen-bond acceptors (Lipinski definition) is 2. The van der Waals surface area contributed by atoms with Crippen LogP contribution in [0.25, 0.3) is 0 Å². The van der Waals surface area contributed by atoms with Crippen LogP contribution in [0.5, 0.6) is 5.75 Å². The number of benzene rings is 1. The van der Waals surface area contributed by atoms with Gasteiger partial charge in [-0.3, -0.25) is 0 Å². The lowest BCUT2D eigenvalue weighted by Gasteiger charge is -2.25. The monoisotopic (exact) mass is 263 g/mol. The first-order chi connectivity index (χ1) is 8.99. The highest BCUT2D eigenvalue weighted by atomic mass is 16.5. The van der Waals surface area contributed by atoms with Gasteiger partial charge in [-0.2, -0.15) is 0 Å². The van der Waals surface area contributed by atoms with Crippen LogP contribution in [0.2, 0.25) is 0 Å². The van der Waals surface area contributed by atoms with E-state index in [4.69, 9.17) is 4.74 Å². The first-order valence-electron chi connectivity index (χ1n) is 7.38. The lowest BCUT2D eigenvalue weighted by atomic mass is 9.92. The molecule has 1 atom stereocenters. The van der Waals surface area contributed by atoms with E-state index in [0.717, 1.165) is 25.1 Å². The van der Waals surface area contributed by atoms with E-state index < -0.39 is 0 Å². The van der Waals surface area contributed by atoms with Crippen LogP contribution >= 0.6 is 0 Å². The number of hydrogen-bond donors (Lipinski definition) is 1. The lowest BCUT2D eigenvalue weighted by molar-refractivity contribution is 0.379. The minimum Gasteiger partial charge on any atom is -0.496 e. The fourth-order valence-corrected chi connectivity index (χ4v) is 2.65. The fourth-order valence-electron chi connectivity index (χ4n) is 2.65. The Morgan fingerprint density at radius 1 is 1.21 bits per heavy atom. The summed E-state index contributed by atoms with van der Waals surface area (Å²) in [5, 5.41) is 3.67. The third-order valence-corrected chi connectivity index (χ3v) is 3.41. The molecule has 0 saturated heterocycles. The van der Waals surface area contributed by atoms with Crippen LogP contribution in [0.1, 0.15) is 56.3 Å². The molecule has 0 saturated carbocycles. The van der Waals surface area contributed by atoms with E-state index in [0.29, 0.717) is 12.0 Å². The molecule has 0 amide bonds. The van der Waals surface area contributed by atoms with Gasteiger partial charge >= 0.3 is 0 Å². The molecule has 1 aromatic rings. The molecule has 1 N–H and O–H groups in total. The summed E-state index contributed by atoms with van der Waals surface area (Å²) in [6.07, 6.45) is 2.29. The number of rotatable bonds is 7. The molecule has 0 aliphatic rings. The highest BCUT2D eigenvalue weighted by molar-refractivity contribution is 5.45. The molecule has 1 unspecified atom stereocenters. The molecule has 0 bridgehead atoms. The van der Waals surface area contributed by atoms with Gasteiger partial charge in [0.2, 0.25) is 0 Å². The fraction of sp³-hybridized carbons (Fsp3) is 0.647. The summed E-state index contributed by atoms with van der Waals surface area (Å²) in [6, 6.07) is 4.78. The van der Waals surface area contributed by atoms with Crippen molar-refractivity contribution in [2.24, 2.45) is 5.92 Å². The smallest absolute Gasteiger partial charge is 0.124 e. The molecule has 0 aromatic heterocycles. The Morgan fingerprint density at radius 3 is 2.42 bits per heavy atom. The van der Waals surface area contributed by atoms with Crippen molar-refractivity contribution in [1.82, 2.24) is 5.32 Å². The van der Waals surface area contributed by atoms with Gasteiger partial charge in [0.15, 0.2) is 0 Å². The van der Waals surface area contributed by atoms with Crippen LogP contribution < -0.4 is 10.1 Å². The predicted molar refractivity (Wildman–Crippen MR) is 83.0 cm³/mol. The predicted octanol–water partition coefficient (Wildman–Crippen LogP) is 4.40. The molecular weight excluding hydrogens is 234 g/mol. The van der Waals surface area contributed by atoms with Crippen molar-refractivity contribution >= 4 is 0 Å². The Bertz CT molecular complexity index is 398. The summed E-state index contributed by atoms with van der Waals surface area (Å²) in [5.41, 5.74) is 3.92. The first kappa shape index (κ1) is 16.0. The van der Waals surface area contributed by atoms with Crippen LogP contribution in [-0.4, -0.2) is 13.7 Å². The summed E-state index contributed by atoms with van der Waals surface area (Å²) >= 11 is 0. The number of ether oxygens (including phenoxy) is 1. The second-order valence-corrected chi connectivity index (χ2v) is 5.83. The van der Waals surface area contributed by atoms with Gasteiger partial charge in [0, 0.05) is 11.6 Å². The van der Waals surface area contributed by atoms with Crippen molar-refractivity contribution in [3.8, 4) is 5.75 Å². The third kappa shape index (κ3) is 4.54. The van der Waals surface area contributed by atoms with Gasteiger partial charge in [-0.15, -0.1) is 0 Å². The van der Waals surface area contributed by atoms with Crippen LogP contribution in [0.4, 0.5) is 0 Å². The van der Waals surface area contributed by atoms with E-state index >= 15 is 0 Å². The second kappa shape index (κ2) is 7.54. The van der Waals surface area contributed by atoms with Gasteiger partial charge in [-0.25, -0.2) is 0 Å². The highest BCUT2D eigenvalue weighted by Gasteiger charge is 2.19. The standard InChI is InChI=1S/C17H29NO/c1-7-8-18-15(9-12(2)3)17-14(5)10-13(4)11-16(17)19-6/h10-12,15,18H,7-9H2,1-6H3. The molecule has 19 heavy (non-hydrogen) atoms. The topological polar surface area (TPSA) is 21.3 Å². The molecule has 0 radical (unpaired) electrons. The minimum absolute atomic E-state index is 0.385. The van der Waals surface area contributed by atoms with Crippen molar-refractivity contribution in [3.63, 3.8) is 0 Å². The summed E-state index contributed by atoms with van der Waals surface area (Å²) in [4.78, 5) is 0. The molecule has 0 heterocycles. The van der Waals surface area contributed by atoms with Crippen molar-refractivity contribution in [2.75, 3.05) is 13.7 Å². The Balaban J connectivity index is 3.12. The zero-order valence-corrected chi connectivity index (χ0v) is 13.3. The van der Waals surface area contributed by atoms with Crippen molar-refractivity contribution < 1.29 is 4.74 Å². The summed E-state index contributed by atoms with van der Waals surface area (Å²) in [5.74, 6) is 1.69. The van der Waals surface area contributed by atoms with Crippen LogP contribution in [-0.2, 0) is 0 Å². The molecule has 1 aromatic carbocycles. The van der Waals surface area contributed by atoms with Crippen molar-refractivity contribution in [2.45, 2.75) is 53.5 Å². The van der Waals surface area contributed by atoms with Gasteiger partial charge in [0.05, 0.1) is 7.11 Å². The molecule has 0 aliphatic carbocycles. The molecule has 1 rings (SSSR count). The van der Waals surface area contributed by atoms with E-state index in [9.17, 15) is 0 Å². The van der Waals surface area contributed by atoms with Gasteiger partial charge in [-0.1, -0.05) is 26.8 Å². The molecular formula is C17H29NO. The SMILES string of the molecule is CCCNC(CC(C)C)c1c(C)cc(C)cc1OC. The van der Waals surface area contributed by atoms with Gasteiger partial charge in [-0.05, 0) is 56.3 Å². The normalized spacial score (nSPS) is 12.8. The lowest BCUT2D eigenvalue weighted by Crippen LogP contribution is -2.25. The zero-order chi connectivity index (χ0) is 14.4. The molecule has 2 heteroatoms. The van der Waals surface area contributed by atoms with E-state index in [1.54, 1.807) is 7.11 Å². The molecule has 0 fully saturated rings. The molecule has 0 spiro atoms. The highest BCUT2D eigenvalue weighted by Crippen LogP contribution is 2.33. The number of nitrogens with one attached hydrogen (secondary N) is 1. The summed E-state index contributed by atoms with van der Waals surface area (Å²) in [7, 11) is 1.77. The molecule has 0 aliphatic heterocycles. The van der Waals surface area contributed by atoms with E-state index in [1.165, 1.54) is 16.7 Å². The van der Waals surface area contributed by atoms with E-state index in [2.05, 4.69) is 52.1 Å². The average Bonchev–Trinajstić information content (AvgIpc) is 2.33. The van der Waals surface area contributed by atoms with Crippen LogP contribution in [0.3, 0.4) is 0 Å². The number of aryl methyl sites for hydroxylation is 2. The Labute approximate surface area is 118 Å². The maximum Gasteiger partial charge on any atom is 0.124 e. The number of methoxy groups -OCH3 is 1. The maximum atomic E-state index is 5.61. The maximum absolute atomic E-state index is 5.61. The van der Waals surface area contributed by atoms with Crippen molar-refractivity contribution in [1.29, 1.82) is 0 Å². The Hall–Kier alpha value is -1.02. The largest absolute Gasteiger partial charge is 0.496 e.